The van der Waals surface area contributed by atoms with Crippen LogP contribution in [0.4, 0.5) is 14.5 Å². The molecule has 69 heavy (non-hydrogen) atoms. The third kappa shape index (κ3) is 11.2. The Hall–Kier alpha value is -6.03. The van der Waals surface area contributed by atoms with Gasteiger partial charge in [0.15, 0.2) is 0 Å². The second-order valence-corrected chi connectivity index (χ2v) is 21.3. The molecule has 0 bridgehead atoms. The van der Waals surface area contributed by atoms with Crippen molar-refractivity contribution in [1.29, 1.82) is 0 Å². The predicted molar refractivity (Wildman–Crippen MR) is 253 cm³/mol. The highest BCUT2D eigenvalue weighted by atomic mass is 35.5. The minimum absolute atomic E-state index is 0.0362. The molecule has 1 aromatic heterocycles. The van der Waals surface area contributed by atoms with E-state index in [0.29, 0.717) is 57.8 Å². The van der Waals surface area contributed by atoms with Crippen molar-refractivity contribution < 1.29 is 56.7 Å². The lowest BCUT2D eigenvalue weighted by Gasteiger charge is -2.36. The maximum atomic E-state index is 14.5. The number of nitrogens with one attached hydrogen (secondary N) is 3. The summed E-state index contributed by atoms with van der Waals surface area (Å²) in [5.74, 6) is 3.09. The molecule has 5 N–H and O–H groups in total. The van der Waals surface area contributed by atoms with E-state index in [-0.39, 0.29) is 73.4 Å². The Morgan fingerprint density at radius 3 is 2.46 bits per heavy atom. The fraction of sp³-hybridized carbons (Fsp3) is 0.396. The Bertz CT molecular complexity index is 2840. The molecule has 3 atom stereocenters. The molecule has 0 spiro atoms. The van der Waals surface area contributed by atoms with Gasteiger partial charge < -0.3 is 35.1 Å². The molecule has 7 amide bonds. The highest BCUT2D eigenvalue weighted by Crippen LogP contribution is 2.59. The maximum Gasteiger partial charge on any atom is 0.399 e. The summed E-state index contributed by atoms with van der Waals surface area (Å²) in [5, 5.41) is 8.52. The van der Waals surface area contributed by atoms with Crippen LogP contribution >= 0.6 is 30.5 Å². The fourth-order valence-corrected chi connectivity index (χ4v) is 10.1. The van der Waals surface area contributed by atoms with E-state index in [1.165, 1.54) is 26.8 Å². The number of alkyl halides is 2. The van der Waals surface area contributed by atoms with Crippen LogP contribution in [0.15, 0.2) is 66.7 Å². The Morgan fingerprint density at radius 2 is 1.77 bits per heavy atom. The highest BCUT2D eigenvalue weighted by Gasteiger charge is 2.50. The van der Waals surface area contributed by atoms with E-state index < -0.39 is 66.0 Å². The van der Waals surface area contributed by atoms with Gasteiger partial charge in [-0.15, -0.1) is 11.3 Å². The minimum Gasteiger partial charge on any atom is -0.356 e. The summed E-state index contributed by atoms with van der Waals surface area (Å²) < 4.78 is 40.8. The van der Waals surface area contributed by atoms with Gasteiger partial charge in [-0.05, 0) is 96.6 Å². The monoisotopic (exact) mass is 1010 g/mol. The van der Waals surface area contributed by atoms with E-state index in [1.54, 1.807) is 63.2 Å². The molecule has 3 aliphatic rings. The number of hydrogen-bond acceptors (Lipinski definition) is 9. The molecule has 16 nitrogen and oxygen atoms in total. The van der Waals surface area contributed by atoms with Crippen molar-refractivity contribution in [3.05, 3.63) is 98.9 Å². The number of thiophene rings is 1. The quantitative estimate of drug-likeness (QED) is 0.0426. The number of nitrogens with zero attached hydrogens (tertiary/aromatic N) is 3. The zero-order valence-electron chi connectivity index (χ0n) is 37.9. The average Bonchev–Trinajstić information content (AvgIpc) is 4.04. The van der Waals surface area contributed by atoms with E-state index in [2.05, 4.69) is 27.8 Å². The van der Waals surface area contributed by atoms with Crippen molar-refractivity contribution >= 4 is 87.7 Å². The first-order valence-electron chi connectivity index (χ1n) is 22.2. The third-order valence-corrected chi connectivity index (χ3v) is 14.6. The van der Waals surface area contributed by atoms with E-state index >= 15 is 0 Å². The summed E-state index contributed by atoms with van der Waals surface area (Å²) in [6.07, 6.45) is 2.03. The van der Waals surface area contributed by atoms with E-state index in [4.69, 9.17) is 11.6 Å². The van der Waals surface area contributed by atoms with Crippen molar-refractivity contribution in [1.82, 2.24) is 25.8 Å². The number of amides is 7. The van der Waals surface area contributed by atoms with Gasteiger partial charge in [0, 0.05) is 77.5 Å². The van der Waals surface area contributed by atoms with Gasteiger partial charge in [-0.3, -0.25) is 43.4 Å². The second-order valence-electron chi connectivity index (χ2n) is 18.1. The van der Waals surface area contributed by atoms with Crippen LogP contribution in [0.2, 0.25) is 5.02 Å². The molecule has 2 fully saturated rings. The lowest BCUT2D eigenvalue weighted by Crippen LogP contribution is -2.58. The molecule has 0 radical (unpaired) electrons. The van der Waals surface area contributed by atoms with Gasteiger partial charge in [-0.2, -0.15) is 8.78 Å². The number of carbonyl (C=O) groups excluding carboxylic acids is 7. The van der Waals surface area contributed by atoms with Crippen molar-refractivity contribution in [2.75, 3.05) is 24.5 Å². The third-order valence-electron chi connectivity index (χ3n) is 12.2. The molecule has 4 aromatic rings. The van der Waals surface area contributed by atoms with Gasteiger partial charge in [0.1, 0.15) is 18.1 Å². The molecule has 364 valence electrons. The van der Waals surface area contributed by atoms with Crippen molar-refractivity contribution in [2.45, 2.75) is 96.1 Å². The van der Waals surface area contributed by atoms with Gasteiger partial charge in [0.2, 0.25) is 29.5 Å². The van der Waals surface area contributed by atoms with Crippen LogP contribution in [0.5, 0.6) is 0 Å². The molecule has 3 aliphatic heterocycles. The van der Waals surface area contributed by atoms with Crippen LogP contribution in [-0.4, -0.2) is 98.7 Å². The predicted octanol–water partition coefficient (Wildman–Crippen LogP) is 6.05. The molecule has 3 aromatic carbocycles. The Morgan fingerprint density at radius 1 is 1.03 bits per heavy atom. The number of unbranched alkanes of at least 4 members (excludes halogenated alkanes) is 1. The number of imide groups is 1. The minimum atomic E-state index is -5.84. The molecule has 7 rings (SSSR count). The average molecular weight is 1010 g/mol. The van der Waals surface area contributed by atoms with Crippen LogP contribution in [0.3, 0.4) is 0 Å². The number of halogens is 3. The number of piperidine rings is 1. The highest BCUT2D eigenvalue weighted by molar-refractivity contribution is 7.52. The number of carbonyl (C=O) groups is 7. The Balaban J connectivity index is 0.965. The largest absolute Gasteiger partial charge is 0.399 e. The first-order chi connectivity index (χ1) is 32.5. The lowest BCUT2D eigenvalue weighted by molar-refractivity contribution is -0.141. The zero-order chi connectivity index (χ0) is 50.0. The number of rotatable bonds is 14. The van der Waals surface area contributed by atoms with Crippen LogP contribution in [-0.2, 0) is 40.7 Å². The summed E-state index contributed by atoms with van der Waals surface area (Å²) in [4.78, 5) is 116. The first kappa shape index (κ1) is 50.8. The Labute approximate surface area is 405 Å². The first-order valence-corrected chi connectivity index (χ1v) is 25.0. The van der Waals surface area contributed by atoms with E-state index in [0.717, 1.165) is 23.5 Å². The van der Waals surface area contributed by atoms with Crippen molar-refractivity contribution in [2.24, 2.45) is 5.41 Å². The molecular formula is C48H50ClF2N6O10PS. The lowest BCUT2D eigenvalue weighted by atomic mass is 9.85. The molecule has 4 heterocycles. The van der Waals surface area contributed by atoms with Crippen LogP contribution in [0.1, 0.15) is 102 Å². The molecule has 0 saturated carbocycles. The molecule has 2 saturated heterocycles. The SMILES string of the molecule is CC(C)(C)[C@H](NC(=O)c1cc2cc(C(F)(F)P(=O)(O)O)ccc2s1)C(=O)N1CCC[C@H]1C(=O)N(CCC(=O)NCCCC#Cc1cccc2c1CN(C1CCC(=O)NC1=O)C2=O)c1ccc(Cl)cc1. The smallest absolute Gasteiger partial charge is 0.356 e. The van der Waals surface area contributed by atoms with E-state index in [9.17, 15) is 56.7 Å². The summed E-state index contributed by atoms with van der Waals surface area (Å²) in [7, 11) is -5.84. The number of anilines is 1. The zero-order valence-corrected chi connectivity index (χ0v) is 40.3. The van der Waals surface area contributed by atoms with Gasteiger partial charge in [0.25, 0.3) is 11.8 Å². The van der Waals surface area contributed by atoms with Crippen molar-refractivity contribution in [3.8, 4) is 11.8 Å². The maximum absolute atomic E-state index is 14.5. The van der Waals surface area contributed by atoms with Gasteiger partial charge in [0.05, 0.1) is 4.88 Å². The molecule has 0 aliphatic carbocycles. The van der Waals surface area contributed by atoms with Gasteiger partial charge >= 0.3 is 13.3 Å². The number of hydrogen-bond donors (Lipinski definition) is 5. The molecule has 1 unspecified atom stereocenters. The summed E-state index contributed by atoms with van der Waals surface area (Å²) in [5.41, 5.74) is -3.96. The summed E-state index contributed by atoms with van der Waals surface area (Å²) >= 11 is 7.13. The van der Waals surface area contributed by atoms with E-state index in [1.807, 2.05) is 0 Å². The molecule has 21 heteroatoms. The topological polar surface area (TPSA) is 223 Å². The molecular weight excluding hydrogens is 957 g/mol. The fourth-order valence-electron chi connectivity index (χ4n) is 8.55. The second kappa shape index (κ2) is 20.5. The Kier molecular flexibility index (Phi) is 15.1. The summed E-state index contributed by atoms with van der Waals surface area (Å²) in [6, 6.07) is 13.2. The normalized spacial score (nSPS) is 17.8. The van der Waals surface area contributed by atoms with Crippen LogP contribution in [0, 0.1) is 17.3 Å². The number of likely N-dealkylation sites (tertiary alicyclic amines) is 1. The van der Waals surface area contributed by atoms with Crippen molar-refractivity contribution in [3.63, 3.8) is 0 Å². The van der Waals surface area contributed by atoms with Crippen LogP contribution < -0.4 is 20.9 Å². The summed E-state index contributed by atoms with van der Waals surface area (Å²) in [6.45, 7) is 5.89. The van der Waals surface area contributed by atoms with Gasteiger partial charge in [-0.1, -0.05) is 56.3 Å². The standard InChI is InChI=1S/C48H50ClF2N6O10PS/c1-47(2,3)41(54-43(61)38-26-29-25-30(13-19-37(29)69-38)48(50,51)68(65,66)67)46(64)56-23-8-12-36(56)45(63)55(32-16-14-31(49)15-17-32)24-21-39(58)52-22-6-4-5-9-28-10-7-11-33-34(28)27-57(44(33)62)35-18-20-40(59)53-42(35)60/h7,10-11,13-17,19,25-26,35-36,41H,4,6,8,12,18,20-24,27H2,1-3H3,(H,52,58)(H,54,61)(H,53,59,60)(H2,65,66,67)/t35?,36-,41+/m0/s1. The van der Waals surface area contributed by atoms with Crippen LogP contribution in [0.25, 0.3) is 10.1 Å². The van der Waals surface area contributed by atoms with Gasteiger partial charge in [-0.25, -0.2) is 0 Å². The number of benzene rings is 3. The number of fused-ring (bicyclic) bond motifs is 2.